The zero-order valence-corrected chi connectivity index (χ0v) is 8.65. The summed E-state index contributed by atoms with van der Waals surface area (Å²) in [7, 11) is 0. The smallest absolute Gasteiger partial charge is 0.252 e. The summed E-state index contributed by atoms with van der Waals surface area (Å²) in [6.45, 7) is 1.74. The van der Waals surface area contributed by atoms with Crippen LogP contribution in [-0.2, 0) is 0 Å². The van der Waals surface area contributed by atoms with E-state index in [2.05, 4.69) is 10.3 Å². The van der Waals surface area contributed by atoms with Gasteiger partial charge < -0.3 is 9.73 Å². The Hall–Kier alpha value is -2.35. The van der Waals surface area contributed by atoms with Gasteiger partial charge in [0, 0.05) is 12.5 Å². The number of nitriles is 1. The number of oxazole rings is 1. The van der Waals surface area contributed by atoms with Gasteiger partial charge >= 0.3 is 0 Å². The minimum atomic E-state index is -0.294. The second kappa shape index (κ2) is 4.03. The van der Waals surface area contributed by atoms with Crippen LogP contribution in [-0.4, -0.2) is 17.4 Å². The molecule has 5 heteroatoms. The Kier molecular flexibility index (Phi) is 2.56. The van der Waals surface area contributed by atoms with Gasteiger partial charge in [0.05, 0.1) is 6.07 Å². The highest BCUT2D eigenvalue weighted by Crippen LogP contribution is 2.16. The first-order valence-electron chi connectivity index (χ1n) is 4.73. The van der Waals surface area contributed by atoms with E-state index in [0.29, 0.717) is 22.6 Å². The molecule has 1 heterocycles. The molecular formula is C11H9N3O2. The lowest BCUT2D eigenvalue weighted by atomic mass is 10.2. The van der Waals surface area contributed by atoms with Gasteiger partial charge in [-0.05, 0) is 18.2 Å². The van der Waals surface area contributed by atoms with E-state index in [9.17, 15) is 4.79 Å². The minimum absolute atomic E-state index is 0.00764. The Morgan fingerprint density at radius 1 is 1.62 bits per heavy atom. The van der Waals surface area contributed by atoms with Crippen LogP contribution in [0.1, 0.15) is 16.2 Å². The highest BCUT2D eigenvalue weighted by molar-refractivity contribution is 5.97. The zero-order chi connectivity index (χ0) is 11.5. The summed E-state index contributed by atoms with van der Waals surface area (Å²) >= 11 is 0. The highest BCUT2D eigenvalue weighted by Gasteiger charge is 2.08. The standard InChI is InChI=1S/C11H9N3O2/c1-7-14-9-3-2-8(6-10(9)16-7)11(15)13-5-4-12/h2-3,6H,5H2,1H3,(H,13,15). The molecule has 1 N–H and O–H groups in total. The van der Waals surface area contributed by atoms with E-state index in [1.807, 2.05) is 6.07 Å². The molecule has 16 heavy (non-hydrogen) atoms. The van der Waals surface area contributed by atoms with Gasteiger partial charge in [-0.3, -0.25) is 4.79 Å². The van der Waals surface area contributed by atoms with E-state index in [-0.39, 0.29) is 12.5 Å². The van der Waals surface area contributed by atoms with Gasteiger partial charge in [0.1, 0.15) is 12.1 Å². The van der Waals surface area contributed by atoms with E-state index in [1.54, 1.807) is 25.1 Å². The van der Waals surface area contributed by atoms with E-state index in [4.69, 9.17) is 9.68 Å². The average molecular weight is 215 g/mol. The van der Waals surface area contributed by atoms with E-state index < -0.39 is 0 Å². The molecule has 1 aromatic heterocycles. The maximum absolute atomic E-state index is 11.5. The van der Waals surface area contributed by atoms with Crippen molar-refractivity contribution in [1.29, 1.82) is 5.26 Å². The molecule has 2 aromatic rings. The Morgan fingerprint density at radius 3 is 3.19 bits per heavy atom. The van der Waals surface area contributed by atoms with Gasteiger partial charge in [-0.15, -0.1) is 0 Å². The first-order valence-corrected chi connectivity index (χ1v) is 4.73. The molecule has 0 bridgehead atoms. The average Bonchev–Trinajstić information content (AvgIpc) is 2.64. The van der Waals surface area contributed by atoms with Gasteiger partial charge in [-0.2, -0.15) is 5.26 Å². The number of carbonyl (C=O) groups excluding carboxylic acids is 1. The lowest BCUT2D eigenvalue weighted by molar-refractivity contribution is 0.0958. The maximum atomic E-state index is 11.5. The maximum Gasteiger partial charge on any atom is 0.252 e. The van der Waals surface area contributed by atoms with Crippen molar-refractivity contribution in [3.63, 3.8) is 0 Å². The number of amides is 1. The number of carbonyl (C=O) groups is 1. The zero-order valence-electron chi connectivity index (χ0n) is 8.65. The molecule has 0 unspecified atom stereocenters. The Bertz CT molecular complexity index is 580. The van der Waals surface area contributed by atoms with Crippen LogP contribution in [0.5, 0.6) is 0 Å². The van der Waals surface area contributed by atoms with Crippen molar-refractivity contribution in [3.05, 3.63) is 29.7 Å². The van der Waals surface area contributed by atoms with Crippen LogP contribution in [0.4, 0.5) is 0 Å². The van der Waals surface area contributed by atoms with Crippen LogP contribution in [0.25, 0.3) is 11.1 Å². The molecule has 1 aromatic carbocycles. The third kappa shape index (κ3) is 1.86. The molecular weight excluding hydrogens is 206 g/mol. The number of benzene rings is 1. The minimum Gasteiger partial charge on any atom is -0.441 e. The Labute approximate surface area is 91.7 Å². The molecule has 5 nitrogen and oxygen atoms in total. The Balaban J connectivity index is 2.32. The summed E-state index contributed by atoms with van der Waals surface area (Å²) in [6, 6.07) is 6.82. The number of fused-ring (bicyclic) bond motifs is 1. The summed E-state index contributed by atoms with van der Waals surface area (Å²) < 4.78 is 5.31. The molecule has 2 rings (SSSR count). The largest absolute Gasteiger partial charge is 0.441 e. The van der Waals surface area contributed by atoms with Crippen molar-refractivity contribution < 1.29 is 9.21 Å². The number of aromatic nitrogens is 1. The molecule has 0 aliphatic carbocycles. The molecule has 0 aliphatic rings. The summed E-state index contributed by atoms with van der Waals surface area (Å²) in [5.41, 5.74) is 1.75. The fraction of sp³-hybridized carbons (Fsp3) is 0.182. The van der Waals surface area contributed by atoms with Crippen molar-refractivity contribution in [2.45, 2.75) is 6.92 Å². The lowest BCUT2D eigenvalue weighted by Crippen LogP contribution is -2.23. The molecule has 0 spiro atoms. The Morgan fingerprint density at radius 2 is 2.44 bits per heavy atom. The van der Waals surface area contributed by atoms with E-state index >= 15 is 0 Å². The normalized spacial score (nSPS) is 10.0. The van der Waals surface area contributed by atoms with Crippen molar-refractivity contribution >= 4 is 17.0 Å². The van der Waals surface area contributed by atoms with Gasteiger partial charge in [0.25, 0.3) is 5.91 Å². The number of aryl methyl sites for hydroxylation is 1. The van der Waals surface area contributed by atoms with Crippen molar-refractivity contribution in [1.82, 2.24) is 10.3 Å². The topological polar surface area (TPSA) is 78.9 Å². The molecule has 1 amide bonds. The monoisotopic (exact) mass is 215 g/mol. The first-order chi connectivity index (χ1) is 7.70. The number of nitrogens with zero attached hydrogens (tertiary/aromatic N) is 2. The van der Waals surface area contributed by atoms with Crippen LogP contribution >= 0.6 is 0 Å². The van der Waals surface area contributed by atoms with Crippen LogP contribution in [0, 0.1) is 18.3 Å². The molecule has 0 saturated heterocycles. The molecule has 0 fully saturated rings. The first kappa shape index (κ1) is 10.2. The summed E-state index contributed by atoms with van der Waals surface area (Å²) in [5.74, 6) is 0.266. The highest BCUT2D eigenvalue weighted by atomic mass is 16.3. The second-order valence-electron chi connectivity index (χ2n) is 3.26. The van der Waals surface area contributed by atoms with Gasteiger partial charge in [-0.1, -0.05) is 0 Å². The van der Waals surface area contributed by atoms with Gasteiger partial charge in [0.2, 0.25) is 0 Å². The fourth-order valence-electron chi connectivity index (χ4n) is 1.40. The molecule has 0 aliphatic heterocycles. The van der Waals surface area contributed by atoms with E-state index in [0.717, 1.165) is 0 Å². The third-order valence-corrected chi connectivity index (χ3v) is 2.09. The SMILES string of the molecule is Cc1nc2ccc(C(=O)NCC#N)cc2o1. The quantitative estimate of drug-likeness (QED) is 0.768. The molecule has 80 valence electrons. The lowest BCUT2D eigenvalue weighted by Gasteiger charge is -1.99. The number of rotatable bonds is 2. The van der Waals surface area contributed by atoms with Crippen molar-refractivity contribution in [2.75, 3.05) is 6.54 Å². The fourth-order valence-corrected chi connectivity index (χ4v) is 1.40. The van der Waals surface area contributed by atoms with Crippen LogP contribution in [0.3, 0.4) is 0 Å². The number of hydrogen-bond acceptors (Lipinski definition) is 4. The van der Waals surface area contributed by atoms with Crippen molar-refractivity contribution in [2.24, 2.45) is 0 Å². The third-order valence-electron chi connectivity index (χ3n) is 2.09. The van der Waals surface area contributed by atoms with Crippen LogP contribution < -0.4 is 5.32 Å². The van der Waals surface area contributed by atoms with Crippen molar-refractivity contribution in [3.8, 4) is 6.07 Å². The van der Waals surface area contributed by atoms with Gasteiger partial charge in [-0.25, -0.2) is 4.98 Å². The predicted octanol–water partition coefficient (Wildman–Crippen LogP) is 1.39. The predicted molar refractivity (Wildman–Crippen MR) is 56.7 cm³/mol. The van der Waals surface area contributed by atoms with Crippen LogP contribution in [0.15, 0.2) is 22.6 Å². The molecule has 0 radical (unpaired) electrons. The number of hydrogen-bond donors (Lipinski definition) is 1. The molecule has 0 saturated carbocycles. The molecule has 0 atom stereocenters. The summed E-state index contributed by atoms with van der Waals surface area (Å²) in [4.78, 5) is 15.7. The van der Waals surface area contributed by atoms with E-state index in [1.165, 1.54) is 0 Å². The summed E-state index contributed by atoms with van der Waals surface area (Å²) in [6.07, 6.45) is 0. The summed E-state index contributed by atoms with van der Waals surface area (Å²) in [5, 5.41) is 10.8. The number of nitrogens with one attached hydrogen (secondary N) is 1. The van der Waals surface area contributed by atoms with Crippen LogP contribution in [0.2, 0.25) is 0 Å². The second-order valence-corrected chi connectivity index (χ2v) is 3.26. The van der Waals surface area contributed by atoms with Gasteiger partial charge in [0.15, 0.2) is 11.5 Å².